The van der Waals surface area contributed by atoms with Crippen LogP contribution in [0, 0.1) is 0 Å². The zero-order valence-corrected chi connectivity index (χ0v) is 10.6. The molecule has 0 heterocycles. The van der Waals surface area contributed by atoms with Gasteiger partial charge >= 0.3 is 0 Å². The number of rotatable bonds is 4. The maximum atomic E-state index is 5.72. The molecule has 1 aromatic carbocycles. The normalized spacial score (nSPS) is 13.1. The van der Waals surface area contributed by atoms with Crippen molar-refractivity contribution in [3.8, 4) is 5.75 Å². The molecule has 92 valence electrons. The molecule has 0 aromatic heterocycles. The second kappa shape index (κ2) is 6.48. The van der Waals surface area contributed by atoms with Crippen LogP contribution in [0.4, 0.5) is 0 Å². The molecule has 0 aliphatic heterocycles. The quantitative estimate of drug-likeness (QED) is 0.835. The molecule has 3 heteroatoms. The number of ether oxygens (including phenoxy) is 1. The first-order valence-corrected chi connectivity index (χ1v) is 5.61. The highest BCUT2D eigenvalue weighted by Gasteiger charge is 2.11. The molecular weight excluding hydrogens is 234 g/mol. The van der Waals surface area contributed by atoms with Gasteiger partial charge in [0.25, 0.3) is 0 Å². The molecule has 0 bridgehead atoms. The Kier molecular flexibility index (Phi) is 5.26. The minimum atomic E-state index is 0. The lowest BCUT2D eigenvalue weighted by Crippen LogP contribution is -2.08. The van der Waals surface area contributed by atoms with Crippen molar-refractivity contribution in [3.05, 3.63) is 48.1 Å². The van der Waals surface area contributed by atoms with E-state index in [0.717, 1.165) is 18.6 Å². The summed E-state index contributed by atoms with van der Waals surface area (Å²) in [4.78, 5) is 0. The van der Waals surface area contributed by atoms with E-state index in [9.17, 15) is 0 Å². The number of aryl methyl sites for hydroxylation is 1. The molecular formula is C14H18ClNO. The predicted molar refractivity (Wildman–Crippen MR) is 74.7 cm³/mol. The van der Waals surface area contributed by atoms with E-state index in [0.29, 0.717) is 13.2 Å². The number of nitrogens with two attached hydrogens (primary N) is 1. The Labute approximate surface area is 109 Å². The minimum Gasteiger partial charge on any atom is -0.490 e. The highest BCUT2D eigenvalue weighted by atomic mass is 35.5. The zero-order valence-electron chi connectivity index (χ0n) is 9.82. The van der Waals surface area contributed by atoms with E-state index >= 15 is 0 Å². The maximum absolute atomic E-state index is 5.72. The monoisotopic (exact) mass is 251 g/mol. The predicted octanol–water partition coefficient (Wildman–Crippen LogP) is 2.96. The van der Waals surface area contributed by atoms with Crippen molar-refractivity contribution in [3.63, 3.8) is 0 Å². The van der Waals surface area contributed by atoms with Crippen LogP contribution in [0.25, 0.3) is 5.57 Å². The van der Waals surface area contributed by atoms with Crippen LogP contribution >= 0.6 is 12.4 Å². The molecule has 0 amide bonds. The molecule has 2 rings (SSSR count). The average molecular weight is 252 g/mol. The van der Waals surface area contributed by atoms with Gasteiger partial charge < -0.3 is 10.5 Å². The van der Waals surface area contributed by atoms with Gasteiger partial charge in [0.1, 0.15) is 12.4 Å². The summed E-state index contributed by atoms with van der Waals surface area (Å²) in [6.07, 6.45) is 6.13. The van der Waals surface area contributed by atoms with Gasteiger partial charge in [-0.25, -0.2) is 0 Å². The number of benzene rings is 1. The summed E-state index contributed by atoms with van der Waals surface area (Å²) in [7, 11) is 0. The molecule has 0 spiro atoms. The topological polar surface area (TPSA) is 35.2 Å². The number of fused-ring (bicyclic) bond motifs is 1. The fourth-order valence-electron chi connectivity index (χ4n) is 2.04. The Hall–Kier alpha value is -1.25. The van der Waals surface area contributed by atoms with Crippen molar-refractivity contribution in [1.82, 2.24) is 0 Å². The summed E-state index contributed by atoms with van der Waals surface area (Å²) >= 11 is 0. The molecule has 0 unspecified atom stereocenters. The fraction of sp³-hybridized carbons (Fsp3) is 0.286. The third-order valence-corrected chi connectivity index (χ3v) is 2.81. The van der Waals surface area contributed by atoms with E-state index in [-0.39, 0.29) is 12.4 Å². The lowest BCUT2D eigenvalue weighted by atomic mass is 9.91. The molecule has 2 nitrogen and oxygen atoms in total. The van der Waals surface area contributed by atoms with Crippen LogP contribution in [0.5, 0.6) is 5.75 Å². The third kappa shape index (κ3) is 3.11. The first kappa shape index (κ1) is 13.8. The maximum Gasteiger partial charge on any atom is 0.120 e. The van der Waals surface area contributed by atoms with Crippen LogP contribution in [-0.4, -0.2) is 13.2 Å². The Morgan fingerprint density at radius 1 is 1.41 bits per heavy atom. The van der Waals surface area contributed by atoms with E-state index in [1.807, 2.05) is 6.07 Å². The highest BCUT2D eigenvalue weighted by molar-refractivity contribution is 5.85. The van der Waals surface area contributed by atoms with Gasteiger partial charge in [-0.1, -0.05) is 24.8 Å². The van der Waals surface area contributed by atoms with Crippen LogP contribution in [0.15, 0.2) is 36.9 Å². The summed E-state index contributed by atoms with van der Waals surface area (Å²) in [6, 6.07) is 6.21. The Balaban J connectivity index is 0.00000144. The smallest absolute Gasteiger partial charge is 0.120 e. The summed E-state index contributed by atoms with van der Waals surface area (Å²) in [6.45, 7) is 4.80. The first-order chi connectivity index (χ1) is 7.85. The number of hydrogen-bond donors (Lipinski definition) is 1. The van der Waals surface area contributed by atoms with Crippen LogP contribution in [0.1, 0.15) is 17.5 Å². The molecule has 17 heavy (non-hydrogen) atoms. The van der Waals surface area contributed by atoms with Crippen molar-refractivity contribution in [2.75, 3.05) is 13.2 Å². The van der Waals surface area contributed by atoms with Crippen LogP contribution in [-0.2, 0) is 6.42 Å². The molecule has 0 saturated carbocycles. The molecule has 0 saturated heterocycles. The SMILES string of the molecule is C=CCOc1ccc2c(c1)CCC=C2CN.Cl. The van der Waals surface area contributed by atoms with E-state index in [2.05, 4.69) is 24.8 Å². The van der Waals surface area contributed by atoms with Crippen LogP contribution in [0.3, 0.4) is 0 Å². The average Bonchev–Trinajstić information content (AvgIpc) is 2.35. The molecule has 2 N–H and O–H groups in total. The van der Waals surface area contributed by atoms with Gasteiger partial charge in [-0.2, -0.15) is 0 Å². The van der Waals surface area contributed by atoms with Crippen molar-refractivity contribution in [1.29, 1.82) is 0 Å². The summed E-state index contributed by atoms with van der Waals surface area (Å²) < 4.78 is 5.52. The number of allylic oxidation sites excluding steroid dienone is 1. The standard InChI is InChI=1S/C14H17NO.ClH/c1-2-8-16-13-6-7-14-11(9-13)4-3-5-12(14)10-15;/h2,5-7,9H,1,3-4,8,10,15H2;1H. The minimum absolute atomic E-state index is 0. The van der Waals surface area contributed by atoms with Crippen LogP contribution in [0.2, 0.25) is 0 Å². The molecule has 0 radical (unpaired) electrons. The number of halogens is 1. The lowest BCUT2D eigenvalue weighted by Gasteiger charge is -2.17. The first-order valence-electron chi connectivity index (χ1n) is 5.61. The Morgan fingerprint density at radius 3 is 2.94 bits per heavy atom. The van der Waals surface area contributed by atoms with E-state index < -0.39 is 0 Å². The van der Waals surface area contributed by atoms with Crippen molar-refractivity contribution in [2.24, 2.45) is 5.73 Å². The lowest BCUT2D eigenvalue weighted by molar-refractivity contribution is 0.363. The second-order valence-electron chi connectivity index (χ2n) is 3.89. The van der Waals surface area contributed by atoms with E-state index in [1.54, 1.807) is 6.08 Å². The van der Waals surface area contributed by atoms with Crippen LogP contribution < -0.4 is 10.5 Å². The molecule has 1 aromatic rings. The van der Waals surface area contributed by atoms with Gasteiger partial charge in [0.05, 0.1) is 0 Å². The van der Waals surface area contributed by atoms with Gasteiger partial charge in [0.15, 0.2) is 0 Å². The summed E-state index contributed by atoms with van der Waals surface area (Å²) in [5.74, 6) is 0.914. The summed E-state index contributed by atoms with van der Waals surface area (Å²) in [5.41, 5.74) is 9.59. The largest absolute Gasteiger partial charge is 0.490 e. The van der Waals surface area contributed by atoms with E-state index in [1.165, 1.54) is 16.7 Å². The molecule has 0 fully saturated rings. The highest BCUT2D eigenvalue weighted by Crippen LogP contribution is 2.28. The van der Waals surface area contributed by atoms with Gasteiger partial charge in [0, 0.05) is 6.54 Å². The Morgan fingerprint density at radius 2 is 2.24 bits per heavy atom. The molecule has 1 aliphatic carbocycles. The second-order valence-corrected chi connectivity index (χ2v) is 3.89. The third-order valence-electron chi connectivity index (χ3n) is 2.81. The molecule has 0 atom stereocenters. The fourth-order valence-corrected chi connectivity index (χ4v) is 2.04. The van der Waals surface area contributed by atoms with Gasteiger partial charge in [-0.15, -0.1) is 12.4 Å². The zero-order chi connectivity index (χ0) is 11.4. The Bertz CT molecular complexity index is 426. The van der Waals surface area contributed by atoms with Crippen molar-refractivity contribution in [2.45, 2.75) is 12.8 Å². The number of hydrogen-bond acceptors (Lipinski definition) is 2. The van der Waals surface area contributed by atoms with Gasteiger partial charge in [-0.05, 0) is 41.7 Å². The van der Waals surface area contributed by atoms with Gasteiger partial charge in [-0.3, -0.25) is 0 Å². The van der Waals surface area contributed by atoms with Gasteiger partial charge in [0.2, 0.25) is 0 Å². The van der Waals surface area contributed by atoms with Crippen molar-refractivity contribution < 1.29 is 4.74 Å². The van der Waals surface area contributed by atoms with E-state index in [4.69, 9.17) is 10.5 Å². The summed E-state index contributed by atoms with van der Waals surface area (Å²) in [5, 5.41) is 0. The van der Waals surface area contributed by atoms with Crippen molar-refractivity contribution >= 4 is 18.0 Å². The molecule has 1 aliphatic rings.